The Kier molecular flexibility index (Phi) is 5.37. The molecule has 0 radical (unpaired) electrons. The van der Waals surface area contributed by atoms with E-state index in [0.717, 1.165) is 23.3 Å². The van der Waals surface area contributed by atoms with Crippen LogP contribution in [0.25, 0.3) is 0 Å². The summed E-state index contributed by atoms with van der Waals surface area (Å²) in [7, 11) is 0. The summed E-state index contributed by atoms with van der Waals surface area (Å²) in [6.07, 6.45) is 9.82. The van der Waals surface area contributed by atoms with Crippen LogP contribution in [-0.2, 0) is 0 Å². The fourth-order valence-corrected chi connectivity index (χ4v) is 3.22. The van der Waals surface area contributed by atoms with Crippen LogP contribution in [0.1, 0.15) is 66.2 Å². The monoisotopic (exact) mass is 242 g/mol. The lowest BCUT2D eigenvalue weighted by atomic mass is 9.65. The van der Waals surface area contributed by atoms with Gasteiger partial charge in [0.25, 0.3) is 0 Å². The summed E-state index contributed by atoms with van der Waals surface area (Å²) in [6, 6.07) is 0. The summed E-state index contributed by atoms with van der Waals surface area (Å²) in [5.41, 5.74) is 0.484. The zero-order valence-electron chi connectivity index (χ0n) is 11.4. The maximum Gasteiger partial charge on any atom is 0.0141 e. The molecule has 0 aromatic carbocycles. The van der Waals surface area contributed by atoms with Crippen LogP contribution in [0.5, 0.6) is 0 Å². The summed E-state index contributed by atoms with van der Waals surface area (Å²) in [6.45, 7) is 9.51. The third kappa shape index (κ3) is 3.52. The fourth-order valence-electron chi connectivity index (χ4n) is 3.03. The van der Waals surface area contributed by atoms with Crippen LogP contribution in [0.3, 0.4) is 0 Å². The van der Waals surface area contributed by atoms with Gasteiger partial charge in [-0.3, -0.25) is 0 Å². The van der Waals surface area contributed by atoms with E-state index in [1.54, 1.807) is 0 Å². The molecule has 1 heteroatoms. The van der Waals surface area contributed by atoms with E-state index in [-0.39, 0.29) is 0 Å². The molecule has 0 aromatic rings. The Hall–Kier alpha value is 0.0300. The third-order valence-corrected chi connectivity index (χ3v) is 4.82. The van der Waals surface area contributed by atoms with Gasteiger partial charge < -0.3 is 0 Å². The molecule has 94 valence electrons. The molecule has 0 amide bonds. The van der Waals surface area contributed by atoms with Gasteiger partial charge in [-0.25, -0.2) is 0 Å². The van der Waals surface area contributed by atoms with Crippen molar-refractivity contribution in [3.63, 3.8) is 0 Å². The number of hydrogen-bond donors (Lipinski definition) is 0. The molecule has 0 bridgehead atoms. The molecular weight excluding hydrogens is 216 g/mol. The van der Waals surface area contributed by atoms with Gasteiger partial charge in [0, 0.05) is 5.03 Å². The highest BCUT2D eigenvalue weighted by Gasteiger charge is 2.33. The van der Waals surface area contributed by atoms with E-state index in [9.17, 15) is 0 Å². The molecule has 0 N–H and O–H groups in total. The lowest BCUT2D eigenvalue weighted by molar-refractivity contribution is 0.113. The summed E-state index contributed by atoms with van der Waals surface area (Å²) >= 11 is 6.07. The van der Waals surface area contributed by atoms with Crippen molar-refractivity contribution in [2.45, 2.75) is 66.2 Å². The average Bonchev–Trinajstić information content (AvgIpc) is 2.27. The van der Waals surface area contributed by atoms with Crippen molar-refractivity contribution in [3.8, 4) is 0 Å². The maximum atomic E-state index is 6.07. The fraction of sp³-hybridized carbons (Fsp3) is 0.867. The molecule has 1 unspecified atom stereocenters. The molecule has 0 saturated heterocycles. The van der Waals surface area contributed by atoms with Crippen LogP contribution < -0.4 is 0 Å². The Labute approximate surface area is 106 Å². The van der Waals surface area contributed by atoms with Crippen molar-refractivity contribution in [1.82, 2.24) is 0 Å². The van der Waals surface area contributed by atoms with Gasteiger partial charge in [0.15, 0.2) is 0 Å². The Morgan fingerprint density at radius 1 is 1.44 bits per heavy atom. The Balaban J connectivity index is 2.71. The van der Waals surface area contributed by atoms with Gasteiger partial charge in [-0.15, -0.1) is 0 Å². The molecule has 0 heterocycles. The van der Waals surface area contributed by atoms with Gasteiger partial charge in [-0.2, -0.15) is 0 Å². The minimum Gasteiger partial charge on any atom is -0.0895 e. The lowest BCUT2D eigenvalue weighted by Crippen LogP contribution is -2.31. The van der Waals surface area contributed by atoms with E-state index in [0.29, 0.717) is 5.41 Å². The van der Waals surface area contributed by atoms with Crippen molar-refractivity contribution in [1.29, 1.82) is 0 Å². The van der Waals surface area contributed by atoms with Gasteiger partial charge in [-0.1, -0.05) is 58.2 Å². The molecular formula is C15H27Cl. The predicted octanol–water partition coefficient (Wildman–Crippen LogP) is 5.76. The molecule has 1 aliphatic carbocycles. The van der Waals surface area contributed by atoms with Crippen LogP contribution in [0.15, 0.2) is 11.1 Å². The Morgan fingerprint density at radius 2 is 2.12 bits per heavy atom. The number of rotatable bonds is 5. The van der Waals surface area contributed by atoms with E-state index in [1.807, 2.05) is 0 Å². The molecule has 0 aromatic heterocycles. The summed E-state index contributed by atoms with van der Waals surface area (Å²) < 4.78 is 0. The molecule has 0 aliphatic heterocycles. The molecule has 0 nitrogen and oxygen atoms in total. The number of hydrogen-bond acceptors (Lipinski definition) is 0. The summed E-state index contributed by atoms with van der Waals surface area (Å²) in [5.74, 6) is 1.72. The van der Waals surface area contributed by atoms with Gasteiger partial charge in [-0.05, 0) is 42.9 Å². The SMILES string of the molecule is CCC[C@H](C1CC=C(Cl)CC1)C(C)(C)CC. The minimum atomic E-state index is 0.484. The van der Waals surface area contributed by atoms with Crippen LogP contribution in [0, 0.1) is 17.3 Å². The Morgan fingerprint density at radius 3 is 2.56 bits per heavy atom. The zero-order valence-corrected chi connectivity index (χ0v) is 12.1. The molecule has 16 heavy (non-hydrogen) atoms. The van der Waals surface area contributed by atoms with E-state index in [1.165, 1.54) is 32.1 Å². The van der Waals surface area contributed by atoms with E-state index in [2.05, 4.69) is 33.8 Å². The van der Waals surface area contributed by atoms with Crippen molar-refractivity contribution >= 4 is 11.6 Å². The molecule has 0 saturated carbocycles. The molecule has 1 aliphatic rings. The van der Waals surface area contributed by atoms with Crippen molar-refractivity contribution in [2.24, 2.45) is 17.3 Å². The highest BCUT2D eigenvalue weighted by Crippen LogP contribution is 2.44. The summed E-state index contributed by atoms with van der Waals surface area (Å²) in [4.78, 5) is 0. The largest absolute Gasteiger partial charge is 0.0895 e. The van der Waals surface area contributed by atoms with E-state index < -0.39 is 0 Å². The molecule has 2 atom stereocenters. The van der Waals surface area contributed by atoms with Crippen molar-refractivity contribution in [2.75, 3.05) is 0 Å². The second-order valence-electron chi connectivity index (χ2n) is 5.92. The smallest absolute Gasteiger partial charge is 0.0141 e. The molecule has 0 fully saturated rings. The van der Waals surface area contributed by atoms with E-state index in [4.69, 9.17) is 11.6 Å². The average molecular weight is 243 g/mol. The first kappa shape index (κ1) is 14.1. The standard InChI is InChI=1S/C15H27Cl/c1-5-7-14(15(3,4)6-2)12-8-10-13(16)11-9-12/h10,12,14H,5-9,11H2,1-4H3/t12?,14-/m1/s1. The first-order valence-corrected chi connectivity index (χ1v) is 7.23. The normalized spacial score (nSPS) is 24.1. The van der Waals surface area contributed by atoms with Crippen molar-refractivity contribution in [3.05, 3.63) is 11.1 Å². The van der Waals surface area contributed by atoms with E-state index >= 15 is 0 Å². The first-order chi connectivity index (χ1) is 7.51. The number of allylic oxidation sites excluding steroid dienone is 2. The molecule has 1 rings (SSSR count). The Bertz CT molecular complexity index is 240. The summed E-state index contributed by atoms with van der Waals surface area (Å²) in [5, 5.41) is 1.08. The van der Waals surface area contributed by atoms with Crippen LogP contribution in [-0.4, -0.2) is 0 Å². The zero-order chi connectivity index (χ0) is 12.2. The van der Waals surface area contributed by atoms with Gasteiger partial charge in [0.2, 0.25) is 0 Å². The number of halogens is 1. The quantitative estimate of drug-likeness (QED) is 0.575. The highest BCUT2D eigenvalue weighted by atomic mass is 35.5. The van der Waals surface area contributed by atoms with Gasteiger partial charge in [0.05, 0.1) is 0 Å². The van der Waals surface area contributed by atoms with Crippen molar-refractivity contribution < 1.29 is 0 Å². The minimum absolute atomic E-state index is 0.484. The van der Waals surface area contributed by atoms with Gasteiger partial charge >= 0.3 is 0 Å². The lowest BCUT2D eigenvalue weighted by Gasteiger charge is -2.40. The molecule has 0 spiro atoms. The highest BCUT2D eigenvalue weighted by molar-refractivity contribution is 6.29. The third-order valence-electron chi connectivity index (χ3n) is 4.48. The maximum absolute atomic E-state index is 6.07. The van der Waals surface area contributed by atoms with Gasteiger partial charge in [0.1, 0.15) is 0 Å². The second-order valence-corrected chi connectivity index (χ2v) is 6.41. The van der Waals surface area contributed by atoms with Crippen LogP contribution >= 0.6 is 11.6 Å². The first-order valence-electron chi connectivity index (χ1n) is 6.85. The van der Waals surface area contributed by atoms with Crippen LogP contribution in [0.4, 0.5) is 0 Å². The topological polar surface area (TPSA) is 0 Å². The predicted molar refractivity (Wildman–Crippen MR) is 73.7 cm³/mol. The second kappa shape index (κ2) is 6.10. The van der Waals surface area contributed by atoms with Crippen LogP contribution in [0.2, 0.25) is 0 Å².